The van der Waals surface area contributed by atoms with Crippen LogP contribution in [-0.2, 0) is 0 Å². The minimum Gasteiger partial charge on any atom is -0.497 e. The Morgan fingerprint density at radius 2 is 1.43 bits per heavy atom. The van der Waals surface area contributed by atoms with Crippen molar-refractivity contribution in [3.63, 3.8) is 0 Å². The molecule has 0 aromatic heterocycles. The number of carbonyl (C=O) groups excluding carboxylic acids is 1. The van der Waals surface area contributed by atoms with Crippen LogP contribution in [0, 0.1) is 0 Å². The Balaban J connectivity index is 1.97. The zero-order chi connectivity index (χ0) is 19.9. The standard InChI is InChI=1S/C23H23NO4/c1-26-18-14-12-17(13-15-18)21(16-8-5-4-6-9-16)24-23(25)19-10-7-11-20(27-2)22(19)28-3/h4-15,21H,1-3H3,(H,24,25). The summed E-state index contributed by atoms with van der Waals surface area (Å²) in [5.74, 6) is 1.43. The van der Waals surface area contributed by atoms with E-state index in [9.17, 15) is 4.79 Å². The molecule has 0 spiro atoms. The van der Waals surface area contributed by atoms with Crippen LogP contribution in [0.4, 0.5) is 0 Å². The van der Waals surface area contributed by atoms with Crippen LogP contribution in [0.5, 0.6) is 17.2 Å². The van der Waals surface area contributed by atoms with E-state index in [4.69, 9.17) is 14.2 Å². The Morgan fingerprint density at radius 3 is 2.04 bits per heavy atom. The molecule has 3 rings (SSSR count). The van der Waals surface area contributed by atoms with Gasteiger partial charge >= 0.3 is 0 Å². The van der Waals surface area contributed by atoms with Crippen LogP contribution >= 0.6 is 0 Å². The molecule has 1 unspecified atom stereocenters. The van der Waals surface area contributed by atoms with E-state index in [0.717, 1.165) is 16.9 Å². The first-order chi connectivity index (χ1) is 13.7. The van der Waals surface area contributed by atoms with Crippen LogP contribution in [0.3, 0.4) is 0 Å². The van der Waals surface area contributed by atoms with Crippen molar-refractivity contribution < 1.29 is 19.0 Å². The SMILES string of the molecule is COc1ccc(C(NC(=O)c2cccc(OC)c2OC)c2ccccc2)cc1. The molecule has 0 saturated heterocycles. The second kappa shape index (κ2) is 8.95. The number of methoxy groups -OCH3 is 3. The molecule has 0 radical (unpaired) electrons. The number of carbonyl (C=O) groups is 1. The first-order valence-electron chi connectivity index (χ1n) is 8.88. The summed E-state index contributed by atoms with van der Waals surface area (Å²) in [6.07, 6.45) is 0. The number of amides is 1. The van der Waals surface area contributed by atoms with Gasteiger partial charge in [-0.1, -0.05) is 48.5 Å². The lowest BCUT2D eigenvalue weighted by molar-refractivity contribution is 0.0939. The van der Waals surface area contributed by atoms with Crippen LogP contribution in [0.2, 0.25) is 0 Å². The predicted molar refractivity (Wildman–Crippen MR) is 108 cm³/mol. The summed E-state index contributed by atoms with van der Waals surface area (Å²) >= 11 is 0. The number of nitrogens with one attached hydrogen (secondary N) is 1. The monoisotopic (exact) mass is 377 g/mol. The third-order valence-electron chi connectivity index (χ3n) is 4.51. The van der Waals surface area contributed by atoms with Gasteiger partial charge in [0.25, 0.3) is 5.91 Å². The van der Waals surface area contributed by atoms with Crippen molar-refractivity contribution in [3.8, 4) is 17.2 Å². The molecule has 0 bridgehead atoms. The lowest BCUT2D eigenvalue weighted by atomic mass is 9.98. The van der Waals surface area contributed by atoms with Crippen molar-refractivity contribution in [3.05, 3.63) is 89.5 Å². The predicted octanol–water partition coefficient (Wildman–Crippen LogP) is 4.23. The molecule has 144 valence electrons. The second-order valence-electron chi connectivity index (χ2n) is 6.13. The number of ether oxygens (including phenoxy) is 3. The fourth-order valence-corrected chi connectivity index (χ4v) is 3.08. The van der Waals surface area contributed by atoms with E-state index in [1.165, 1.54) is 7.11 Å². The Hall–Kier alpha value is -3.47. The highest BCUT2D eigenvalue weighted by atomic mass is 16.5. The number of rotatable bonds is 7. The smallest absolute Gasteiger partial charge is 0.255 e. The third kappa shape index (κ3) is 4.09. The minimum absolute atomic E-state index is 0.250. The van der Waals surface area contributed by atoms with Crippen LogP contribution in [0.1, 0.15) is 27.5 Å². The number of hydrogen-bond acceptors (Lipinski definition) is 4. The van der Waals surface area contributed by atoms with Crippen LogP contribution in [0.25, 0.3) is 0 Å². The van der Waals surface area contributed by atoms with E-state index in [1.807, 2.05) is 54.6 Å². The lowest BCUT2D eigenvalue weighted by Crippen LogP contribution is -2.29. The topological polar surface area (TPSA) is 56.8 Å². The van der Waals surface area contributed by atoms with Gasteiger partial charge in [0.15, 0.2) is 11.5 Å². The molecule has 0 fully saturated rings. The molecule has 5 heteroatoms. The summed E-state index contributed by atoms with van der Waals surface area (Å²) < 4.78 is 16.0. The van der Waals surface area contributed by atoms with Crippen molar-refractivity contribution in [1.82, 2.24) is 5.32 Å². The van der Waals surface area contributed by atoms with E-state index in [0.29, 0.717) is 17.1 Å². The summed E-state index contributed by atoms with van der Waals surface area (Å²) in [4.78, 5) is 13.1. The molecular formula is C23H23NO4. The van der Waals surface area contributed by atoms with Crippen molar-refractivity contribution >= 4 is 5.91 Å². The molecule has 1 N–H and O–H groups in total. The fourth-order valence-electron chi connectivity index (χ4n) is 3.08. The van der Waals surface area contributed by atoms with Gasteiger partial charge in [-0.2, -0.15) is 0 Å². The van der Waals surface area contributed by atoms with Gasteiger partial charge in [0.05, 0.1) is 32.9 Å². The normalized spacial score (nSPS) is 11.4. The zero-order valence-corrected chi connectivity index (χ0v) is 16.1. The summed E-state index contributed by atoms with van der Waals surface area (Å²) in [6.45, 7) is 0. The molecule has 28 heavy (non-hydrogen) atoms. The number of hydrogen-bond donors (Lipinski definition) is 1. The highest BCUT2D eigenvalue weighted by Crippen LogP contribution is 2.32. The Labute approximate surface area is 164 Å². The van der Waals surface area contributed by atoms with Gasteiger partial charge in [0.1, 0.15) is 5.75 Å². The number of para-hydroxylation sites is 1. The van der Waals surface area contributed by atoms with E-state index in [-0.39, 0.29) is 11.9 Å². The molecule has 0 aliphatic heterocycles. The first-order valence-corrected chi connectivity index (χ1v) is 8.88. The maximum absolute atomic E-state index is 13.1. The summed E-state index contributed by atoms with van der Waals surface area (Å²) in [6, 6.07) is 22.4. The van der Waals surface area contributed by atoms with E-state index in [2.05, 4.69) is 5.32 Å². The molecule has 0 heterocycles. The van der Waals surface area contributed by atoms with Crippen molar-refractivity contribution in [1.29, 1.82) is 0 Å². The van der Waals surface area contributed by atoms with Crippen molar-refractivity contribution in [2.45, 2.75) is 6.04 Å². The van der Waals surface area contributed by atoms with Gasteiger partial charge in [-0.25, -0.2) is 0 Å². The molecular weight excluding hydrogens is 354 g/mol. The Kier molecular flexibility index (Phi) is 6.17. The van der Waals surface area contributed by atoms with Gasteiger partial charge in [-0.3, -0.25) is 4.79 Å². The van der Waals surface area contributed by atoms with Gasteiger partial charge < -0.3 is 19.5 Å². The van der Waals surface area contributed by atoms with Gasteiger partial charge in [0.2, 0.25) is 0 Å². The molecule has 3 aromatic carbocycles. The molecule has 0 aliphatic carbocycles. The van der Waals surface area contributed by atoms with Gasteiger partial charge in [-0.15, -0.1) is 0 Å². The molecule has 0 aliphatic rings. The summed E-state index contributed by atoms with van der Waals surface area (Å²) in [7, 11) is 4.69. The average Bonchev–Trinajstić information content (AvgIpc) is 2.77. The minimum atomic E-state index is -0.324. The average molecular weight is 377 g/mol. The first kappa shape index (κ1) is 19.3. The van der Waals surface area contributed by atoms with Crippen LogP contribution in [-0.4, -0.2) is 27.2 Å². The van der Waals surface area contributed by atoms with Crippen LogP contribution < -0.4 is 19.5 Å². The van der Waals surface area contributed by atoms with E-state index < -0.39 is 0 Å². The van der Waals surface area contributed by atoms with E-state index >= 15 is 0 Å². The maximum Gasteiger partial charge on any atom is 0.255 e. The zero-order valence-electron chi connectivity index (χ0n) is 16.1. The van der Waals surface area contributed by atoms with Crippen LogP contribution in [0.15, 0.2) is 72.8 Å². The van der Waals surface area contributed by atoms with E-state index in [1.54, 1.807) is 32.4 Å². The second-order valence-corrected chi connectivity index (χ2v) is 6.13. The molecule has 5 nitrogen and oxygen atoms in total. The quantitative estimate of drug-likeness (QED) is 0.669. The van der Waals surface area contributed by atoms with Gasteiger partial charge in [-0.05, 0) is 35.4 Å². The fraction of sp³-hybridized carbons (Fsp3) is 0.174. The summed E-state index contributed by atoms with van der Waals surface area (Å²) in [5.41, 5.74) is 2.33. The molecule has 1 atom stereocenters. The molecule has 0 saturated carbocycles. The highest BCUT2D eigenvalue weighted by Gasteiger charge is 2.21. The lowest BCUT2D eigenvalue weighted by Gasteiger charge is -2.21. The van der Waals surface area contributed by atoms with Gasteiger partial charge in [0, 0.05) is 0 Å². The molecule has 1 amide bonds. The number of benzene rings is 3. The largest absolute Gasteiger partial charge is 0.497 e. The highest BCUT2D eigenvalue weighted by molar-refractivity contribution is 5.98. The third-order valence-corrected chi connectivity index (χ3v) is 4.51. The summed E-state index contributed by atoms with van der Waals surface area (Å²) in [5, 5.41) is 3.11. The molecule has 3 aromatic rings. The van der Waals surface area contributed by atoms with Crippen molar-refractivity contribution in [2.24, 2.45) is 0 Å². The Bertz CT molecular complexity index is 923. The Morgan fingerprint density at radius 1 is 0.750 bits per heavy atom. The van der Waals surface area contributed by atoms with Crippen molar-refractivity contribution in [2.75, 3.05) is 21.3 Å². The maximum atomic E-state index is 13.1.